The molecule has 1 atom stereocenters. The van der Waals surface area contributed by atoms with Crippen molar-refractivity contribution in [1.29, 1.82) is 0 Å². The number of amides is 1. The normalized spacial score (nSPS) is 18.1. The van der Waals surface area contributed by atoms with Crippen LogP contribution in [0, 0.1) is 0 Å². The lowest BCUT2D eigenvalue weighted by atomic mass is 10.0. The molecular formula is C31H32F2N6O. The van der Waals surface area contributed by atoms with Gasteiger partial charge in [0.15, 0.2) is 5.82 Å². The minimum atomic E-state index is -2.66. The summed E-state index contributed by atoms with van der Waals surface area (Å²) in [5.74, 6) is -1.37. The van der Waals surface area contributed by atoms with E-state index in [0.717, 1.165) is 53.8 Å². The van der Waals surface area contributed by atoms with E-state index in [4.69, 9.17) is 4.98 Å². The minimum Gasteiger partial charge on any atom is -0.357 e. The molecule has 0 radical (unpaired) electrons. The van der Waals surface area contributed by atoms with E-state index in [9.17, 15) is 13.6 Å². The number of hydrogen-bond acceptors (Lipinski definition) is 6. The number of fused-ring (bicyclic) bond motifs is 1. The van der Waals surface area contributed by atoms with Gasteiger partial charge in [-0.2, -0.15) is 0 Å². The highest BCUT2D eigenvalue weighted by atomic mass is 19.3. The van der Waals surface area contributed by atoms with Crippen LogP contribution in [0.25, 0.3) is 22.3 Å². The number of nitrogens with one attached hydrogen (secondary N) is 1. The van der Waals surface area contributed by atoms with Crippen LogP contribution >= 0.6 is 0 Å². The fourth-order valence-corrected chi connectivity index (χ4v) is 5.62. The molecule has 2 fully saturated rings. The van der Waals surface area contributed by atoms with E-state index in [0.29, 0.717) is 11.4 Å². The Kier molecular flexibility index (Phi) is 7.38. The maximum atomic E-state index is 14.0. The van der Waals surface area contributed by atoms with Crippen LogP contribution < -0.4 is 10.2 Å². The summed E-state index contributed by atoms with van der Waals surface area (Å²) in [6.07, 6.45) is 5.38. The smallest absolute Gasteiger partial charge is 0.252 e. The molecule has 1 unspecified atom stereocenters. The summed E-state index contributed by atoms with van der Waals surface area (Å²) in [5.41, 5.74) is 2.99. The van der Waals surface area contributed by atoms with E-state index in [2.05, 4.69) is 20.2 Å². The van der Waals surface area contributed by atoms with Crippen LogP contribution in [0.15, 0.2) is 73.1 Å². The number of piperidine rings is 1. The fraction of sp³-hybridized carbons (Fsp3) is 0.355. The number of hydrogen-bond donors (Lipinski definition) is 1. The van der Waals surface area contributed by atoms with Gasteiger partial charge in [-0.05, 0) is 37.1 Å². The van der Waals surface area contributed by atoms with Gasteiger partial charge in [-0.15, -0.1) is 0 Å². The SMILES string of the molecule is O=C(NCC(c1cnc(-c2ccccc2)nc1)N1CCC(F)(F)CC1)c1cccc2nc(N3CCCC3)ccc12. The molecule has 4 heterocycles. The standard InChI is InChI=1S/C31H32F2N6O/c32-31(33)13-17-38(18-14-31)27(23-19-34-29(35-20-23)22-7-2-1-3-8-22)21-36-30(40)25-9-6-10-26-24(25)11-12-28(37-26)39-15-4-5-16-39/h1-3,6-12,19-20,27H,4-5,13-18,21H2,(H,36,40). The van der Waals surface area contributed by atoms with Crippen molar-refractivity contribution >= 4 is 22.6 Å². The molecule has 2 aromatic heterocycles. The summed E-state index contributed by atoms with van der Waals surface area (Å²) in [6.45, 7) is 2.70. The number of alkyl halides is 2. The van der Waals surface area contributed by atoms with Crippen molar-refractivity contribution < 1.29 is 13.6 Å². The Hall–Kier alpha value is -3.98. The van der Waals surface area contributed by atoms with Gasteiger partial charge in [0.25, 0.3) is 11.8 Å². The van der Waals surface area contributed by atoms with Crippen molar-refractivity contribution in [2.45, 2.75) is 37.6 Å². The van der Waals surface area contributed by atoms with Crippen LogP contribution in [0.1, 0.15) is 47.6 Å². The number of benzene rings is 2. The van der Waals surface area contributed by atoms with Crippen molar-refractivity contribution in [2.75, 3.05) is 37.6 Å². The molecule has 2 aliphatic rings. The van der Waals surface area contributed by atoms with Crippen molar-refractivity contribution in [2.24, 2.45) is 0 Å². The van der Waals surface area contributed by atoms with Gasteiger partial charge < -0.3 is 10.2 Å². The maximum absolute atomic E-state index is 14.0. The molecule has 0 aliphatic carbocycles. The molecule has 206 valence electrons. The van der Waals surface area contributed by atoms with Crippen molar-refractivity contribution in [3.05, 3.63) is 84.2 Å². The van der Waals surface area contributed by atoms with E-state index < -0.39 is 5.92 Å². The molecule has 2 saturated heterocycles. The van der Waals surface area contributed by atoms with Gasteiger partial charge in [-0.3, -0.25) is 9.69 Å². The average Bonchev–Trinajstić information content (AvgIpc) is 3.53. The summed E-state index contributed by atoms with van der Waals surface area (Å²) in [4.78, 5) is 31.6. The second-order valence-electron chi connectivity index (χ2n) is 10.6. The molecule has 2 aliphatic heterocycles. The first-order valence-corrected chi connectivity index (χ1v) is 13.9. The van der Waals surface area contributed by atoms with Crippen LogP contribution in [0.3, 0.4) is 0 Å². The van der Waals surface area contributed by atoms with Crippen LogP contribution in [-0.2, 0) is 0 Å². The van der Waals surface area contributed by atoms with Gasteiger partial charge in [0.1, 0.15) is 5.82 Å². The third kappa shape index (κ3) is 5.65. The maximum Gasteiger partial charge on any atom is 0.252 e. The quantitative estimate of drug-likeness (QED) is 0.333. The van der Waals surface area contributed by atoms with Crippen LogP contribution in [-0.4, -0.2) is 64.4 Å². The monoisotopic (exact) mass is 542 g/mol. The molecule has 2 aromatic carbocycles. The minimum absolute atomic E-state index is 0.214. The van der Waals surface area contributed by atoms with Crippen molar-refractivity contribution in [1.82, 2.24) is 25.2 Å². The lowest BCUT2D eigenvalue weighted by Gasteiger charge is -2.37. The Morgan fingerprint density at radius 3 is 2.35 bits per heavy atom. The van der Waals surface area contributed by atoms with E-state index in [1.165, 1.54) is 0 Å². The summed E-state index contributed by atoms with van der Waals surface area (Å²) >= 11 is 0. The number of carbonyl (C=O) groups excluding carboxylic acids is 1. The molecule has 40 heavy (non-hydrogen) atoms. The first-order chi connectivity index (χ1) is 19.5. The Bertz CT molecular complexity index is 1460. The molecule has 1 amide bonds. The zero-order chi connectivity index (χ0) is 27.5. The first-order valence-electron chi connectivity index (χ1n) is 13.9. The average molecular weight is 543 g/mol. The Morgan fingerprint density at radius 2 is 1.62 bits per heavy atom. The summed E-state index contributed by atoms with van der Waals surface area (Å²) in [7, 11) is 0. The zero-order valence-electron chi connectivity index (χ0n) is 22.3. The second kappa shape index (κ2) is 11.3. The van der Waals surface area contributed by atoms with Gasteiger partial charge in [-0.1, -0.05) is 36.4 Å². The molecular weight excluding hydrogens is 510 g/mol. The van der Waals surface area contributed by atoms with Crippen molar-refractivity contribution in [3.8, 4) is 11.4 Å². The fourth-order valence-electron chi connectivity index (χ4n) is 5.62. The van der Waals surface area contributed by atoms with Crippen LogP contribution in [0.4, 0.5) is 14.6 Å². The molecule has 0 saturated carbocycles. The number of carbonyl (C=O) groups is 1. The molecule has 4 aromatic rings. The van der Waals surface area contributed by atoms with Crippen LogP contribution in [0.2, 0.25) is 0 Å². The first kappa shape index (κ1) is 26.3. The van der Waals surface area contributed by atoms with E-state index in [1.54, 1.807) is 18.5 Å². The van der Waals surface area contributed by atoms with E-state index in [1.807, 2.05) is 59.5 Å². The molecule has 0 spiro atoms. The van der Waals surface area contributed by atoms with Gasteiger partial charge in [-0.25, -0.2) is 23.7 Å². The number of likely N-dealkylation sites (tertiary alicyclic amines) is 1. The Balaban J connectivity index is 1.22. The summed E-state index contributed by atoms with van der Waals surface area (Å²) in [6, 6.07) is 18.8. The number of halogens is 2. The summed E-state index contributed by atoms with van der Waals surface area (Å²) < 4.78 is 27.9. The highest BCUT2D eigenvalue weighted by molar-refractivity contribution is 6.06. The van der Waals surface area contributed by atoms with E-state index in [-0.39, 0.29) is 44.4 Å². The molecule has 6 rings (SSSR count). The number of aromatic nitrogens is 3. The number of rotatable bonds is 7. The lowest BCUT2D eigenvalue weighted by Crippen LogP contribution is -2.45. The van der Waals surface area contributed by atoms with Crippen LogP contribution in [0.5, 0.6) is 0 Å². The lowest BCUT2D eigenvalue weighted by molar-refractivity contribution is -0.0632. The Labute approximate surface area is 232 Å². The predicted octanol–water partition coefficient (Wildman–Crippen LogP) is 5.49. The van der Waals surface area contributed by atoms with Gasteiger partial charge in [0.2, 0.25) is 0 Å². The van der Waals surface area contributed by atoms with Crippen molar-refractivity contribution in [3.63, 3.8) is 0 Å². The second-order valence-corrected chi connectivity index (χ2v) is 10.6. The highest BCUT2D eigenvalue weighted by Crippen LogP contribution is 2.32. The third-order valence-electron chi connectivity index (χ3n) is 7.91. The van der Waals surface area contributed by atoms with Gasteiger partial charge in [0, 0.05) is 80.0 Å². The largest absolute Gasteiger partial charge is 0.357 e. The molecule has 7 nitrogen and oxygen atoms in total. The predicted molar refractivity (Wildman–Crippen MR) is 151 cm³/mol. The summed E-state index contributed by atoms with van der Waals surface area (Å²) in [5, 5.41) is 3.85. The third-order valence-corrected chi connectivity index (χ3v) is 7.91. The number of pyridine rings is 1. The topological polar surface area (TPSA) is 74.2 Å². The zero-order valence-corrected chi connectivity index (χ0v) is 22.3. The van der Waals surface area contributed by atoms with E-state index >= 15 is 0 Å². The van der Waals surface area contributed by atoms with Gasteiger partial charge >= 0.3 is 0 Å². The number of anilines is 1. The molecule has 0 bridgehead atoms. The van der Waals surface area contributed by atoms with Gasteiger partial charge in [0.05, 0.1) is 11.6 Å². The molecule has 9 heteroatoms. The molecule has 1 N–H and O–H groups in total. The highest BCUT2D eigenvalue weighted by Gasteiger charge is 2.37. The Morgan fingerprint density at radius 1 is 0.900 bits per heavy atom. The number of nitrogens with zero attached hydrogens (tertiary/aromatic N) is 5.